The summed E-state index contributed by atoms with van der Waals surface area (Å²) in [7, 11) is 0. The van der Waals surface area contributed by atoms with E-state index in [0.717, 1.165) is 11.8 Å². The number of aromatic nitrogens is 2. The van der Waals surface area contributed by atoms with Crippen LogP contribution in [0.15, 0.2) is 72.9 Å². The molecule has 0 spiro atoms. The third kappa shape index (κ3) is 4.14. The summed E-state index contributed by atoms with van der Waals surface area (Å²) < 4.78 is 55.5. The average molecular weight is 526 g/mol. The summed E-state index contributed by atoms with van der Waals surface area (Å²) in [5.74, 6) is -1.38. The fourth-order valence-electron chi connectivity index (χ4n) is 3.19. The van der Waals surface area contributed by atoms with Crippen molar-refractivity contribution in [1.82, 2.24) is 9.78 Å². The van der Waals surface area contributed by atoms with Crippen molar-refractivity contribution in [2.24, 2.45) is 0 Å². The maximum atomic E-state index is 14.4. The second-order valence-electron chi connectivity index (χ2n) is 6.61. The van der Waals surface area contributed by atoms with Gasteiger partial charge in [-0.25, -0.2) is 9.07 Å². The maximum Gasteiger partial charge on any atom is 0.419 e. The smallest absolute Gasteiger partial charge is 0.289 e. The molecule has 1 atom stereocenters. The number of benzene rings is 2. The number of nitrogens with zero attached hydrogens (tertiary/aromatic N) is 2. The zero-order chi connectivity index (χ0) is 21.3. The number of carbonyl (C=O) groups is 1. The van der Waals surface area contributed by atoms with E-state index in [4.69, 9.17) is 0 Å². The van der Waals surface area contributed by atoms with Crippen LogP contribution in [0.2, 0.25) is 0 Å². The monoisotopic (exact) mass is 526 g/mol. The standard InChI is InChI=1S/C22H15F4IN2O/c23-20-14(5-4-8-17(20)22(24,25)26)13-15-9-10-19(30)21(27-15)18-11-12-28-29(18)16-6-2-1-3-7-16/h1-12,15H,13H2. The lowest BCUT2D eigenvalue weighted by Crippen LogP contribution is -2.21. The minimum absolute atomic E-state index is 0.00411. The fourth-order valence-corrected chi connectivity index (χ4v) is 6.32. The second-order valence-corrected chi connectivity index (χ2v) is 9.91. The highest BCUT2D eigenvalue weighted by atomic mass is 127. The zero-order valence-corrected chi connectivity index (χ0v) is 17.6. The predicted molar refractivity (Wildman–Crippen MR) is 115 cm³/mol. The van der Waals surface area contributed by atoms with Gasteiger partial charge < -0.3 is 0 Å². The van der Waals surface area contributed by atoms with E-state index in [2.05, 4.69) is 5.10 Å². The molecule has 0 N–H and O–H groups in total. The van der Waals surface area contributed by atoms with Crippen LogP contribution in [0.3, 0.4) is 0 Å². The fraction of sp³-hybridized carbons (Fsp3) is 0.136. The summed E-state index contributed by atoms with van der Waals surface area (Å²) >= 11 is -0.924. The lowest BCUT2D eigenvalue weighted by Gasteiger charge is -2.17. The molecule has 0 aliphatic carbocycles. The molecule has 0 amide bonds. The highest BCUT2D eigenvalue weighted by molar-refractivity contribution is 14.2. The molecule has 0 fully saturated rings. The third-order valence-corrected chi connectivity index (χ3v) is 7.95. The van der Waals surface area contributed by atoms with E-state index in [1.54, 1.807) is 23.0 Å². The number of hydrogen-bond donors (Lipinski definition) is 0. The van der Waals surface area contributed by atoms with Crippen molar-refractivity contribution in [3.05, 3.63) is 95.6 Å². The highest BCUT2D eigenvalue weighted by Crippen LogP contribution is 2.34. The van der Waals surface area contributed by atoms with E-state index >= 15 is 0 Å². The van der Waals surface area contributed by atoms with Crippen molar-refractivity contribution < 1.29 is 22.4 Å². The lowest BCUT2D eigenvalue weighted by atomic mass is 10.0. The zero-order valence-electron chi connectivity index (χ0n) is 15.4. The third-order valence-electron chi connectivity index (χ3n) is 4.59. The SMILES string of the molecule is O=C1C=CC(Cc2cccc(C(F)(F)F)c2F)I=C1c1ccnn1-c1ccccc1. The lowest BCUT2D eigenvalue weighted by molar-refractivity contribution is -0.140. The molecule has 0 saturated heterocycles. The molecule has 2 aromatic carbocycles. The van der Waals surface area contributed by atoms with E-state index in [9.17, 15) is 22.4 Å². The molecule has 0 saturated carbocycles. The van der Waals surface area contributed by atoms with Gasteiger partial charge in [-0.15, -0.1) is 0 Å². The molecule has 4 rings (SSSR count). The number of rotatable bonds is 4. The van der Waals surface area contributed by atoms with E-state index < -0.39 is 38.3 Å². The van der Waals surface area contributed by atoms with Crippen molar-refractivity contribution in [2.75, 3.05) is 0 Å². The Labute approximate surface area is 179 Å². The maximum absolute atomic E-state index is 14.4. The van der Waals surface area contributed by atoms with Crippen LogP contribution in [0.25, 0.3) is 5.69 Å². The Morgan fingerprint density at radius 1 is 1.03 bits per heavy atom. The van der Waals surface area contributed by atoms with Crippen LogP contribution >= 0.6 is 20.7 Å². The molecule has 3 nitrogen and oxygen atoms in total. The van der Waals surface area contributed by atoms with E-state index in [-0.39, 0.29) is 21.7 Å². The van der Waals surface area contributed by atoms with Crippen LogP contribution in [-0.4, -0.2) is 23.0 Å². The first kappa shape index (κ1) is 20.6. The molecule has 0 bridgehead atoms. The largest absolute Gasteiger partial charge is 0.419 e. The van der Waals surface area contributed by atoms with Crippen LogP contribution in [-0.2, 0) is 17.4 Å². The van der Waals surface area contributed by atoms with Crippen molar-refractivity contribution in [3.8, 4) is 5.69 Å². The van der Waals surface area contributed by atoms with Gasteiger partial charge in [-0.05, 0) is 42.3 Å². The van der Waals surface area contributed by atoms with Crippen LogP contribution in [0.4, 0.5) is 17.6 Å². The van der Waals surface area contributed by atoms with Gasteiger partial charge in [0.05, 0.1) is 26.7 Å². The summed E-state index contributed by atoms with van der Waals surface area (Å²) in [6, 6.07) is 14.4. The van der Waals surface area contributed by atoms with Gasteiger partial charge in [0.25, 0.3) is 0 Å². The molecule has 154 valence electrons. The molecular weight excluding hydrogens is 511 g/mol. The second kappa shape index (κ2) is 8.25. The highest BCUT2D eigenvalue weighted by Gasteiger charge is 2.35. The van der Waals surface area contributed by atoms with Crippen molar-refractivity contribution in [3.63, 3.8) is 0 Å². The predicted octanol–water partition coefficient (Wildman–Crippen LogP) is 5.27. The normalized spacial score (nSPS) is 16.9. The number of hydrogen-bond acceptors (Lipinski definition) is 2. The van der Waals surface area contributed by atoms with E-state index in [1.165, 1.54) is 18.2 Å². The Kier molecular flexibility index (Phi) is 5.68. The minimum Gasteiger partial charge on any atom is -0.289 e. The van der Waals surface area contributed by atoms with Gasteiger partial charge in [-0.1, -0.05) is 57.1 Å². The first-order chi connectivity index (χ1) is 14.3. The molecule has 3 aromatic rings. The topological polar surface area (TPSA) is 34.9 Å². The first-order valence-corrected chi connectivity index (χ1v) is 11.3. The molecule has 0 radical (unpaired) electrons. The van der Waals surface area contributed by atoms with E-state index in [0.29, 0.717) is 9.20 Å². The van der Waals surface area contributed by atoms with Crippen molar-refractivity contribution in [2.45, 2.75) is 16.5 Å². The molecule has 1 aromatic heterocycles. The van der Waals surface area contributed by atoms with Gasteiger partial charge in [0.15, 0.2) is 5.78 Å². The Morgan fingerprint density at radius 3 is 2.53 bits per heavy atom. The number of halogens is 5. The molecule has 2 heterocycles. The van der Waals surface area contributed by atoms with Gasteiger partial charge in [-0.3, -0.25) is 4.79 Å². The summed E-state index contributed by atoms with van der Waals surface area (Å²) in [5.41, 5.74) is 0.208. The summed E-state index contributed by atoms with van der Waals surface area (Å²) in [4.78, 5) is 12.6. The summed E-state index contributed by atoms with van der Waals surface area (Å²) in [6.07, 6.45) is 0.0774. The molecule has 1 aliphatic heterocycles. The van der Waals surface area contributed by atoms with Crippen molar-refractivity contribution >= 4 is 30.0 Å². The Bertz CT molecular complexity index is 1150. The number of ketones is 1. The summed E-state index contributed by atoms with van der Waals surface area (Å²) in [6.45, 7) is 0. The van der Waals surface area contributed by atoms with Crippen LogP contribution in [0, 0.1) is 5.82 Å². The number of alkyl halides is 4. The van der Waals surface area contributed by atoms with Crippen LogP contribution < -0.4 is 0 Å². The Balaban J connectivity index is 1.67. The van der Waals surface area contributed by atoms with Crippen LogP contribution in [0.1, 0.15) is 16.8 Å². The van der Waals surface area contributed by atoms with Crippen LogP contribution in [0.5, 0.6) is 0 Å². The number of para-hydroxylation sites is 1. The van der Waals surface area contributed by atoms with Gasteiger partial charge in [0.2, 0.25) is 0 Å². The van der Waals surface area contributed by atoms with Gasteiger partial charge in [-0.2, -0.15) is 18.3 Å². The van der Waals surface area contributed by atoms with Gasteiger partial charge >= 0.3 is 6.18 Å². The molecule has 1 unspecified atom stereocenters. The molecular formula is C22H15F4IN2O. The quantitative estimate of drug-likeness (QED) is 0.264. The molecule has 8 heteroatoms. The van der Waals surface area contributed by atoms with Gasteiger partial charge in [0.1, 0.15) is 5.82 Å². The Morgan fingerprint density at radius 2 is 1.80 bits per heavy atom. The van der Waals surface area contributed by atoms with Gasteiger partial charge in [0, 0.05) is 3.92 Å². The summed E-state index contributed by atoms with van der Waals surface area (Å²) in [5, 5.41) is 4.31. The van der Waals surface area contributed by atoms with Crippen molar-refractivity contribution in [1.29, 1.82) is 0 Å². The number of allylic oxidation sites excluding steroid dienone is 2. The molecule has 1 aliphatic rings. The Hall–Kier alpha value is -2.62. The average Bonchev–Trinajstić information content (AvgIpc) is 3.20. The minimum atomic E-state index is -4.74. The van der Waals surface area contributed by atoms with E-state index in [1.807, 2.05) is 30.3 Å². The first-order valence-electron chi connectivity index (χ1n) is 9.02. The molecule has 30 heavy (non-hydrogen) atoms. The number of carbonyl (C=O) groups excluding carboxylic acids is 1.